The average molecular weight is 292 g/mol. The van der Waals surface area contributed by atoms with Crippen LogP contribution in [-0.4, -0.2) is 44.2 Å². The van der Waals surface area contributed by atoms with E-state index in [0.29, 0.717) is 26.1 Å². The van der Waals surface area contributed by atoms with Gasteiger partial charge in [0.05, 0.1) is 10.2 Å². The summed E-state index contributed by atoms with van der Waals surface area (Å²) >= 11 is 0. The molecule has 1 fully saturated rings. The van der Waals surface area contributed by atoms with Gasteiger partial charge in [-0.1, -0.05) is 0 Å². The minimum atomic E-state index is -3.53. The van der Waals surface area contributed by atoms with Crippen LogP contribution in [0.3, 0.4) is 0 Å². The second kappa shape index (κ2) is 7.02. The molecule has 0 aromatic rings. The van der Waals surface area contributed by atoms with Gasteiger partial charge in [-0.2, -0.15) is 0 Å². The van der Waals surface area contributed by atoms with Crippen molar-refractivity contribution in [3.63, 3.8) is 0 Å². The number of carbonyl (C=O) groups is 1. The molecule has 6 nitrogen and oxygen atoms in total. The number of hydrogen-bond donors (Lipinski definition) is 1. The minimum Gasteiger partial charge on any atom is -0.478 e. The Morgan fingerprint density at radius 2 is 1.84 bits per heavy atom. The summed E-state index contributed by atoms with van der Waals surface area (Å²) in [6, 6.07) is 0. The van der Waals surface area contributed by atoms with Crippen LogP contribution < -0.4 is 0 Å². The normalized spacial score (nSPS) is 16.9. The molecule has 0 bridgehead atoms. The third-order valence-corrected chi connectivity index (χ3v) is 5.05. The highest BCUT2D eigenvalue weighted by molar-refractivity contribution is 7.96. The quantitative estimate of drug-likeness (QED) is 0.509. The number of carboxylic acids is 1. The SMILES string of the molecule is CCOC(CC(=CC(=O)O)S(=O)(=O)C1CC1)OCC. The predicted octanol–water partition coefficient (Wildman–Crippen LogP) is 1.32. The standard InChI is InChI=1S/C12H20O6S/c1-3-17-12(18-4-2)8-10(7-11(13)14)19(15,16)9-5-6-9/h7,9,12H,3-6,8H2,1-2H3,(H,13,14). The lowest BCUT2D eigenvalue weighted by atomic mass is 10.3. The largest absolute Gasteiger partial charge is 0.478 e. The molecule has 0 radical (unpaired) electrons. The summed E-state index contributed by atoms with van der Waals surface area (Å²) in [6.07, 6.45) is 1.14. The number of carboxylic acid groups (broad SMARTS) is 1. The van der Waals surface area contributed by atoms with E-state index in [4.69, 9.17) is 14.6 Å². The Morgan fingerprint density at radius 1 is 1.32 bits per heavy atom. The van der Waals surface area contributed by atoms with Gasteiger partial charge in [-0.05, 0) is 26.7 Å². The molecule has 0 heterocycles. The topological polar surface area (TPSA) is 89.9 Å². The Balaban J connectivity index is 2.88. The molecule has 0 saturated heterocycles. The van der Waals surface area contributed by atoms with Gasteiger partial charge in [0.25, 0.3) is 0 Å². The number of hydrogen-bond acceptors (Lipinski definition) is 5. The maximum atomic E-state index is 12.1. The van der Waals surface area contributed by atoms with E-state index in [1.54, 1.807) is 13.8 Å². The molecule has 0 atom stereocenters. The number of rotatable bonds is 9. The van der Waals surface area contributed by atoms with Gasteiger partial charge in [-0.15, -0.1) is 0 Å². The summed E-state index contributed by atoms with van der Waals surface area (Å²) in [5.74, 6) is -1.27. The molecule has 1 aliphatic rings. The van der Waals surface area contributed by atoms with Gasteiger partial charge in [0.2, 0.25) is 0 Å². The van der Waals surface area contributed by atoms with Crippen molar-refractivity contribution in [1.82, 2.24) is 0 Å². The lowest BCUT2D eigenvalue weighted by Gasteiger charge is -2.18. The van der Waals surface area contributed by atoms with Gasteiger partial charge in [-0.3, -0.25) is 0 Å². The lowest BCUT2D eigenvalue weighted by molar-refractivity contribution is -0.134. The second-order valence-electron chi connectivity index (χ2n) is 4.24. The smallest absolute Gasteiger partial charge is 0.329 e. The summed E-state index contributed by atoms with van der Waals surface area (Å²) in [5, 5.41) is 8.36. The van der Waals surface area contributed by atoms with Crippen molar-refractivity contribution >= 4 is 15.8 Å². The predicted molar refractivity (Wildman–Crippen MR) is 69.3 cm³/mol. The van der Waals surface area contributed by atoms with Crippen LogP contribution in [0.15, 0.2) is 11.0 Å². The van der Waals surface area contributed by atoms with Crippen LogP contribution in [0.25, 0.3) is 0 Å². The maximum Gasteiger partial charge on any atom is 0.329 e. The van der Waals surface area contributed by atoms with E-state index in [1.165, 1.54) is 0 Å². The Kier molecular flexibility index (Phi) is 5.96. The van der Waals surface area contributed by atoms with Crippen molar-refractivity contribution in [1.29, 1.82) is 0 Å². The first-order valence-corrected chi connectivity index (χ1v) is 7.87. The molecule has 0 aromatic heterocycles. The average Bonchev–Trinajstić information content (AvgIpc) is 3.12. The van der Waals surface area contributed by atoms with E-state index < -0.39 is 27.3 Å². The molecule has 0 aromatic carbocycles. The van der Waals surface area contributed by atoms with Crippen LogP contribution in [-0.2, 0) is 24.1 Å². The fourth-order valence-electron chi connectivity index (χ4n) is 1.69. The zero-order chi connectivity index (χ0) is 14.5. The third-order valence-electron chi connectivity index (χ3n) is 2.69. The molecule has 1 aliphatic carbocycles. The highest BCUT2D eigenvalue weighted by atomic mass is 32.2. The van der Waals surface area contributed by atoms with E-state index in [0.717, 1.165) is 6.08 Å². The lowest BCUT2D eigenvalue weighted by Crippen LogP contribution is -2.22. The Hall–Kier alpha value is -0.920. The Morgan fingerprint density at radius 3 is 2.21 bits per heavy atom. The summed E-state index contributed by atoms with van der Waals surface area (Å²) in [5.41, 5.74) is 0. The summed E-state index contributed by atoms with van der Waals surface area (Å²) < 4.78 is 34.8. The van der Waals surface area contributed by atoms with Gasteiger partial charge < -0.3 is 14.6 Å². The highest BCUT2D eigenvalue weighted by Gasteiger charge is 2.39. The van der Waals surface area contributed by atoms with Crippen molar-refractivity contribution in [2.75, 3.05) is 13.2 Å². The van der Waals surface area contributed by atoms with E-state index >= 15 is 0 Å². The second-order valence-corrected chi connectivity index (χ2v) is 6.52. The summed E-state index contributed by atoms with van der Waals surface area (Å²) in [7, 11) is -3.53. The van der Waals surface area contributed by atoms with Crippen molar-refractivity contribution in [3.8, 4) is 0 Å². The van der Waals surface area contributed by atoms with Crippen molar-refractivity contribution in [2.24, 2.45) is 0 Å². The Labute approximate surface area is 113 Å². The zero-order valence-corrected chi connectivity index (χ0v) is 12.0. The number of ether oxygens (including phenoxy) is 2. The molecule has 0 amide bonds. The molecule has 1 saturated carbocycles. The first kappa shape index (κ1) is 16.1. The number of sulfone groups is 1. The van der Waals surface area contributed by atoms with Crippen molar-refractivity contribution in [3.05, 3.63) is 11.0 Å². The zero-order valence-electron chi connectivity index (χ0n) is 11.2. The van der Waals surface area contributed by atoms with Gasteiger partial charge in [0, 0.05) is 25.7 Å². The van der Waals surface area contributed by atoms with Crippen LogP contribution >= 0.6 is 0 Å². The molecule has 1 rings (SSSR count). The van der Waals surface area contributed by atoms with E-state index in [9.17, 15) is 13.2 Å². The van der Waals surface area contributed by atoms with Crippen molar-refractivity contribution in [2.45, 2.75) is 44.6 Å². The van der Waals surface area contributed by atoms with E-state index in [-0.39, 0.29) is 11.3 Å². The van der Waals surface area contributed by atoms with Crippen molar-refractivity contribution < 1.29 is 27.8 Å². The fourth-order valence-corrected chi connectivity index (χ4v) is 3.51. The summed E-state index contributed by atoms with van der Waals surface area (Å²) in [4.78, 5) is 10.7. The molecule has 0 aliphatic heterocycles. The first-order chi connectivity index (χ1) is 8.91. The maximum absolute atomic E-state index is 12.1. The molecule has 110 valence electrons. The van der Waals surface area contributed by atoms with Gasteiger partial charge in [0.1, 0.15) is 0 Å². The molecule has 0 unspecified atom stereocenters. The van der Waals surface area contributed by atoms with Gasteiger partial charge in [0.15, 0.2) is 16.1 Å². The molecule has 0 spiro atoms. The highest BCUT2D eigenvalue weighted by Crippen LogP contribution is 2.34. The van der Waals surface area contributed by atoms with E-state index in [2.05, 4.69) is 0 Å². The molecule has 7 heteroatoms. The summed E-state index contributed by atoms with van der Waals surface area (Å²) in [6.45, 7) is 4.27. The Bertz CT molecular complexity index is 429. The molecule has 1 N–H and O–H groups in total. The first-order valence-electron chi connectivity index (χ1n) is 6.32. The molecule has 19 heavy (non-hydrogen) atoms. The molecular weight excluding hydrogens is 272 g/mol. The van der Waals surface area contributed by atoms with Gasteiger partial charge >= 0.3 is 5.97 Å². The van der Waals surface area contributed by atoms with Crippen LogP contribution in [0.5, 0.6) is 0 Å². The van der Waals surface area contributed by atoms with E-state index in [1.807, 2.05) is 0 Å². The van der Waals surface area contributed by atoms with Gasteiger partial charge in [-0.25, -0.2) is 13.2 Å². The number of aliphatic carboxylic acids is 1. The van der Waals surface area contributed by atoms with Crippen LogP contribution in [0, 0.1) is 0 Å². The molecular formula is C12H20O6S. The monoisotopic (exact) mass is 292 g/mol. The van der Waals surface area contributed by atoms with Crippen LogP contribution in [0.2, 0.25) is 0 Å². The minimum absolute atomic E-state index is 0.0627. The van der Waals surface area contributed by atoms with Crippen LogP contribution in [0.4, 0.5) is 0 Å². The fraction of sp³-hybridized carbons (Fsp3) is 0.750. The third kappa shape index (κ3) is 4.93. The van der Waals surface area contributed by atoms with Crippen LogP contribution in [0.1, 0.15) is 33.1 Å².